The Morgan fingerprint density at radius 2 is 2.04 bits per heavy atom. The van der Waals surface area contributed by atoms with E-state index in [4.69, 9.17) is 9.47 Å². The lowest BCUT2D eigenvalue weighted by atomic mass is 10.2. The van der Waals surface area contributed by atoms with Crippen LogP contribution in [0.2, 0.25) is 0 Å². The van der Waals surface area contributed by atoms with Crippen LogP contribution in [0.5, 0.6) is 5.75 Å². The summed E-state index contributed by atoms with van der Waals surface area (Å²) < 4.78 is 10.8. The fourth-order valence-corrected chi connectivity index (χ4v) is 3.74. The molecule has 2 heterocycles. The molecular weight excluding hydrogens is 461 g/mol. The van der Waals surface area contributed by atoms with Gasteiger partial charge < -0.3 is 20.1 Å². The summed E-state index contributed by atoms with van der Waals surface area (Å²) in [6.45, 7) is 2.44. The van der Waals surface area contributed by atoms with E-state index >= 15 is 0 Å². The van der Waals surface area contributed by atoms with E-state index in [1.54, 1.807) is 25.5 Å². The first kappa shape index (κ1) is 21.0. The first-order chi connectivity index (χ1) is 12.3. The zero-order valence-corrected chi connectivity index (χ0v) is 18.3. The largest absolute Gasteiger partial charge is 0.497 e. The highest BCUT2D eigenvalue weighted by Crippen LogP contribution is 2.29. The molecule has 1 unspecified atom stereocenters. The molecule has 1 aliphatic heterocycles. The topological polar surface area (TPSA) is 54.9 Å². The van der Waals surface area contributed by atoms with Gasteiger partial charge in [0.05, 0.1) is 19.8 Å². The molecule has 1 atom stereocenters. The zero-order chi connectivity index (χ0) is 17.5. The van der Waals surface area contributed by atoms with Crippen molar-refractivity contribution in [1.82, 2.24) is 10.6 Å². The molecule has 7 heteroatoms. The smallest absolute Gasteiger partial charge is 0.191 e. The van der Waals surface area contributed by atoms with Crippen molar-refractivity contribution < 1.29 is 9.47 Å². The van der Waals surface area contributed by atoms with Gasteiger partial charge >= 0.3 is 0 Å². The minimum Gasteiger partial charge on any atom is -0.497 e. The van der Waals surface area contributed by atoms with Gasteiger partial charge in [-0.25, -0.2) is 0 Å². The zero-order valence-electron chi connectivity index (χ0n) is 15.2. The third kappa shape index (κ3) is 5.85. The van der Waals surface area contributed by atoms with Gasteiger partial charge in [-0.1, -0.05) is 0 Å². The van der Waals surface area contributed by atoms with Crippen LogP contribution in [0.1, 0.15) is 17.7 Å². The SMILES string of the molecule is CN=C(NCc1ccc(-c2ccc(OC)cc2)s1)NCC1CCCO1.I. The highest BCUT2D eigenvalue weighted by Gasteiger charge is 2.15. The molecule has 5 nitrogen and oxygen atoms in total. The second kappa shape index (κ2) is 10.7. The number of guanidine groups is 1. The van der Waals surface area contributed by atoms with Crippen molar-refractivity contribution in [1.29, 1.82) is 0 Å². The average Bonchev–Trinajstić information content (AvgIpc) is 3.34. The lowest BCUT2D eigenvalue weighted by molar-refractivity contribution is 0.114. The number of hydrogen-bond acceptors (Lipinski definition) is 4. The van der Waals surface area contributed by atoms with E-state index < -0.39 is 0 Å². The van der Waals surface area contributed by atoms with E-state index in [1.807, 2.05) is 12.1 Å². The Morgan fingerprint density at radius 3 is 2.69 bits per heavy atom. The molecule has 1 aromatic carbocycles. The summed E-state index contributed by atoms with van der Waals surface area (Å²) in [4.78, 5) is 6.80. The Morgan fingerprint density at radius 1 is 1.23 bits per heavy atom. The first-order valence-corrected chi connectivity index (χ1v) is 9.39. The summed E-state index contributed by atoms with van der Waals surface area (Å²) in [7, 11) is 3.48. The Kier molecular flexibility index (Phi) is 8.67. The van der Waals surface area contributed by atoms with Gasteiger partial charge in [0.25, 0.3) is 0 Å². The van der Waals surface area contributed by atoms with Crippen molar-refractivity contribution in [2.24, 2.45) is 4.99 Å². The number of nitrogens with zero attached hydrogens (tertiary/aromatic N) is 1. The van der Waals surface area contributed by atoms with Crippen LogP contribution in [0.3, 0.4) is 0 Å². The van der Waals surface area contributed by atoms with E-state index in [0.717, 1.165) is 44.2 Å². The van der Waals surface area contributed by atoms with E-state index in [1.165, 1.54) is 15.3 Å². The van der Waals surface area contributed by atoms with Gasteiger partial charge in [0.1, 0.15) is 5.75 Å². The maximum absolute atomic E-state index is 5.63. The molecule has 0 saturated carbocycles. The summed E-state index contributed by atoms with van der Waals surface area (Å²) >= 11 is 1.78. The molecule has 3 rings (SSSR count). The number of benzene rings is 1. The number of methoxy groups -OCH3 is 1. The maximum Gasteiger partial charge on any atom is 0.191 e. The summed E-state index contributed by atoms with van der Waals surface area (Å²) in [6, 6.07) is 12.5. The molecule has 0 radical (unpaired) electrons. The van der Waals surface area contributed by atoms with Gasteiger partial charge in [-0.15, -0.1) is 35.3 Å². The summed E-state index contributed by atoms with van der Waals surface area (Å²) in [5, 5.41) is 6.70. The van der Waals surface area contributed by atoms with Gasteiger partial charge in [0.15, 0.2) is 5.96 Å². The molecular formula is C19H26IN3O2S. The van der Waals surface area contributed by atoms with Crippen LogP contribution in [0, 0.1) is 0 Å². The van der Waals surface area contributed by atoms with E-state index in [2.05, 4.69) is 39.9 Å². The molecule has 0 spiro atoms. The number of hydrogen-bond donors (Lipinski definition) is 2. The van der Waals surface area contributed by atoms with Crippen LogP contribution in [-0.4, -0.2) is 39.4 Å². The standard InChI is InChI=1S/C19H25N3O2S.HI/c1-20-19(21-12-16-4-3-11-24-16)22-13-17-9-10-18(25-17)14-5-7-15(23-2)8-6-14;/h5-10,16H,3-4,11-13H2,1-2H3,(H2,20,21,22);1H. The van der Waals surface area contributed by atoms with Gasteiger partial charge in [-0.05, 0) is 54.8 Å². The molecule has 1 aliphatic rings. The highest BCUT2D eigenvalue weighted by atomic mass is 127. The molecule has 0 amide bonds. The number of rotatable bonds is 6. The minimum absolute atomic E-state index is 0. The molecule has 142 valence electrons. The Balaban J connectivity index is 0.00000243. The number of thiophene rings is 1. The average molecular weight is 487 g/mol. The van der Waals surface area contributed by atoms with Crippen LogP contribution in [0.15, 0.2) is 41.4 Å². The lowest BCUT2D eigenvalue weighted by Crippen LogP contribution is -2.40. The fraction of sp³-hybridized carbons (Fsp3) is 0.421. The van der Waals surface area contributed by atoms with Crippen molar-refractivity contribution in [3.8, 4) is 16.2 Å². The highest BCUT2D eigenvalue weighted by molar-refractivity contribution is 14.0. The van der Waals surface area contributed by atoms with Crippen LogP contribution in [0.25, 0.3) is 10.4 Å². The van der Waals surface area contributed by atoms with Crippen molar-refractivity contribution in [3.63, 3.8) is 0 Å². The number of nitrogens with one attached hydrogen (secondary N) is 2. The number of halogens is 1. The number of aliphatic imine (C=N–C) groups is 1. The first-order valence-electron chi connectivity index (χ1n) is 8.58. The van der Waals surface area contributed by atoms with E-state index in [-0.39, 0.29) is 24.0 Å². The predicted octanol–water partition coefficient (Wildman–Crippen LogP) is 3.89. The maximum atomic E-state index is 5.63. The molecule has 26 heavy (non-hydrogen) atoms. The van der Waals surface area contributed by atoms with Gasteiger partial charge in [0, 0.05) is 30.0 Å². The lowest BCUT2D eigenvalue weighted by Gasteiger charge is -2.14. The Labute approximate surface area is 176 Å². The molecule has 0 aliphatic carbocycles. The van der Waals surface area contributed by atoms with Crippen LogP contribution in [0.4, 0.5) is 0 Å². The van der Waals surface area contributed by atoms with Crippen molar-refractivity contribution in [3.05, 3.63) is 41.3 Å². The summed E-state index contributed by atoms with van der Waals surface area (Å²) in [5.74, 6) is 1.69. The van der Waals surface area contributed by atoms with Crippen LogP contribution < -0.4 is 15.4 Å². The van der Waals surface area contributed by atoms with Crippen LogP contribution >= 0.6 is 35.3 Å². The minimum atomic E-state index is 0. The Hall–Kier alpha value is -1.32. The third-order valence-corrected chi connectivity index (χ3v) is 5.35. The van der Waals surface area contributed by atoms with Gasteiger partial charge in [0.2, 0.25) is 0 Å². The van der Waals surface area contributed by atoms with Crippen molar-refractivity contribution >= 4 is 41.3 Å². The number of ether oxygens (including phenoxy) is 2. The molecule has 2 N–H and O–H groups in total. The summed E-state index contributed by atoms with van der Waals surface area (Å²) in [5.41, 5.74) is 1.21. The quantitative estimate of drug-likeness (QED) is 0.369. The molecule has 1 aromatic heterocycles. The molecule has 1 fully saturated rings. The van der Waals surface area contributed by atoms with Gasteiger partial charge in [-0.3, -0.25) is 4.99 Å². The van der Waals surface area contributed by atoms with Gasteiger partial charge in [-0.2, -0.15) is 0 Å². The molecule has 1 saturated heterocycles. The molecule has 2 aromatic rings. The van der Waals surface area contributed by atoms with E-state index in [9.17, 15) is 0 Å². The van der Waals surface area contributed by atoms with Crippen LogP contribution in [-0.2, 0) is 11.3 Å². The predicted molar refractivity (Wildman–Crippen MR) is 119 cm³/mol. The van der Waals surface area contributed by atoms with Crippen molar-refractivity contribution in [2.75, 3.05) is 27.3 Å². The third-order valence-electron chi connectivity index (χ3n) is 4.21. The second-order valence-electron chi connectivity index (χ2n) is 5.94. The van der Waals surface area contributed by atoms with E-state index in [0.29, 0.717) is 6.10 Å². The Bertz CT molecular complexity index is 697. The normalized spacial score (nSPS) is 16.8. The fourth-order valence-electron chi connectivity index (χ4n) is 2.79. The van der Waals surface area contributed by atoms with Crippen molar-refractivity contribution in [2.45, 2.75) is 25.5 Å². The summed E-state index contributed by atoms with van der Waals surface area (Å²) in [6.07, 6.45) is 2.59. The second-order valence-corrected chi connectivity index (χ2v) is 7.10. The molecule has 0 bridgehead atoms. The monoisotopic (exact) mass is 487 g/mol.